The largest absolute Gasteiger partial charge is 0.322 e. The number of nitrogens with zero attached hydrogens (tertiary/aromatic N) is 2. The van der Waals surface area contributed by atoms with Crippen LogP contribution in [0.2, 0.25) is 5.02 Å². The molecule has 4 nitrogen and oxygen atoms in total. The average Bonchev–Trinajstić information content (AvgIpc) is 2.49. The fraction of sp³-hybridized carbons (Fsp3) is 0.588. The van der Waals surface area contributed by atoms with Gasteiger partial charge in [0.15, 0.2) is 0 Å². The van der Waals surface area contributed by atoms with Crippen LogP contribution in [0, 0.1) is 13.8 Å². The van der Waals surface area contributed by atoms with E-state index in [2.05, 4.69) is 17.1 Å². The summed E-state index contributed by atoms with van der Waals surface area (Å²) in [6, 6.07) is 3.86. The molecule has 0 bridgehead atoms. The molecule has 2 rings (SSSR count). The van der Waals surface area contributed by atoms with Crippen molar-refractivity contribution < 1.29 is 4.79 Å². The third kappa shape index (κ3) is 4.37. The number of urea groups is 1. The smallest absolute Gasteiger partial charge is 0.321 e. The lowest BCUT2D eigenvalue weighted by Gasteiger charge is -2.34. The molecule has 1 aromatic rings. The van der Waals surface area contributed by atoms with Crippen molar-refractivity contribution in [2.75, 3.05) is 38.0 Å². The van der Waals surface area contributed by atoms with Crippen molar-refractivity contribution in [2.45, 2.75) is 33.6 Å². The number of piperazine rings is 1. The summed E-state index contributed by atoms with van der Waals surface area (Å²) in [6.45, 7) is 10.8. The Kier molecular flexibility index (Phi) is 6.09. The minimum Gasteiger partial charge on any atom is -0.322 e. The normalized spacial score (nSPS) is 15.9. The van der Waals surface area contributed by atoms with Gasteiger partial charge in [-0.3, -0.25) is 4.90 Å². The van der Waals surface area contributed by atoms with Crippen LogP contribution in [0.5, 0.6) is 0 Å². The second-order valence-corrected chi connectivity index (χ2v) is 6.46. The highest BCUT2D eigenvalue weighted by atomic mass is 35.5. The zero-order valence-electron chi connectivity index (χ0n) is 13.8. The first kappa shape index (κ1) is 17.1. The molecule has 1 saturated heterocycles. The van der Waals surface area contributed by atoms with Crippen molar-refractivity contribution in [3.8, 4) is 0 Å². The molecule has 0 aliphatic carbocycles. The van der Waals surface area contributed by atoms with Gasteiger partial charge >= 0.3 is 6.03 Å². The number of amides is 2. The molecule has 1 aromatic carbocycles. The van der Waals surface area contributed by atoms with Crippen LogP contribution in [0.4, 0.5) is 10.5 Å². The summed E-state index contributed by atoms with van der Waals surface area (Å²) < 4.78 is 0. The molecule has 1 N–H and O–H groups in total. The van der Waals surface area contributed by atoms with E-state index in [9.17, 15) is 4.79 Å². The zero-order chi connectivity index (χ0) is 16.1. The van der Waals surface area contributed by atoms with Crippen LogP contribution < -0.4 is 5.32 Å². The Morgan fingerprint density at radius 1 is 1.23 bits per heavy atom. The highest BCUT2D eigenvalue weighted by Crippen LogP contribution is 2.27. The highest BCUT2D eigenvalue weighted by Gasteiger charge is 2.21. The van der Waals surface area contributed by atoms with Crippen molar-refractivity contribution in [3.63, 3.8) is 0 Å². The van der Waals surface area contributed by atoms with Gasteiger partial charge in [0.25, 0.3) is 0 Å². The summed E-state index contributed by atoms with van der Waals surface area (Å²) in [6.07, 6.45) is 2.44. The fourth-order valence-corrected chi connectivity index (χ4v) is 3.18. The molecule has 122 valence electrons. The van der Waals surface area contributed by atoms with Crippen LogP contribution in [-0.2, 0) is 0 Å². The van der Waals surface area contributed by atoms with Gasteiger partial charge in [0.05, 0.1) is 10.7 Å². The number of benzene rings is 1. The molecule has 1 aliphatic rings. The molecule has 1 heterocycles. The Bertz CT molecular complexity index is 502. The minimum atomic E-state index is -0.0519. The third-order valence-electron chi connectivity index (χ3n) is 4.15. The Balaban J connectivity index is 1.91. The van der Waals surface area contributed by atoms with Crippen molar-refractivity contribution >= 4 is 23.3 Å². The van der Waals surface area contributed by atoms with E-state index in [1.165, 1.54) is 12.8 Å². The molecule has 0 spiro atoms. The summed E-state index contributed by atoms with van der Waals surface area (Å²) in [4.78, 5) is 16.7. The minimum absolute atomic E-state index is 0.0519. The predicted molar refractivity (Wildman–Crippen MR) is 92.9 cm³/mol. The van der Waals surface area contributed by atoms with E-state index in [0.717, 1.165) is 49.5 Å². The predicted octanol–water partition coefficient (Wildman–Crippen LogP) is 3.91. The molecule has 1 fully saturated rings. The van der Waals surface area contributed by atoms with Crippen molar-refractivity contribution in [3.05, 3.63) is 28.3 Å². The summed E-state index contributed by atoms with van der Waals surface area (Å²) in [5.74, 6) is 0. The molecule has 0 radical (unpaired) electrons. The maximum atomic E-state index is 12.4. The monoisotopic (exact) mass is 323 g/mol. The first-order chi connectivity index (χ1) is 10.5. The first-order valence-corrected chi connectivity index (χ1v) is 8.44. The van der Waals surface area contributed by atoms with Crippen LogP contribution >= 0.6 is 11.6 Å². The molecule has 5 heteroatoms. The molecule has 0 saturated carbocycles. The van der Waals surface area contributed by atoms with Crippen LogP contribution in [-0.4, -0.2) is 48.6 Å². The van der Waals surface area contributed by atoms with Crippen LogP contribution in [0.25, 0.3) is 0 Å². The molecule has 0 atom stereocenters. The van der Waals surface area contributed by atoms with E-state index in [1.54, 1.807) is 0 Å². The van der Waals surface area contributed by atoms with E-state index in [4.69, 9.17) is 11.6 Å². The standard InChI is InChI=1S/C17H26ClN3O/c1-4-5-6-20-7-9-21(10-8-20)17(22)19-16-14(3)11-13(2)12-15(16)18/h11-12H,4-10H2,1-3H3,(H,19,22). The molecule has 0 unspecified atom stereocenters. The Hall–Kier alpha value is -1.26. The van der Waals surface area contributed by atoms with Gasteiger partial charge in [-0.2, -0.15) is 0 Å². The van der Waals surface area contributed by atoms with Gasteiger partial charge in [-0.05, 0) is 44.0 Å². The lowest BCUT2D eigenvalue weighted by atomic mass is 10.1. The van der Waals surface area contributed by atoms with Gasteiger partial charge in [0, 0.05) is 26.2 Å². The average molecular weight is 324 g/mol. The number of aryl methyl sites for hydroxylation is 2. The molecule has 1 aliphatic heterocycles. The Morgan fingerprint density at radius 3 is 2.50 bits per heavy atom. The van der Waals surface area contributed by atoms with Crippen LogP contribution in [0.3, 0.4) is 0 Å². The number of hydrogen-bond donors (Lipinski definition) is 1. The lowest BCUT2D eigenvalue weighted by Crippen LogP contribution is -2.50. The van der Waals surface area contributed by atoms with Crippen molar-refractivity contribution in [1.29, 1.82) is 0 Å². The fourth-order valence-electron chi connectivity index (χ4n) is 2.82. The quantitative estimate of drug-likeness (QED) is 0.912. The summed E-state index contributed by atoms with van der Waals surface area (Å²) in [5, 5.41) is 3.57. The van der Waals surface area contributed by atoms with Crippen molar-refractivity contribution in [2.24, 2.45) is 0 Å². The van der Waals surface area contributed by atoms with Gasteiger partial charge in [0.2, 0.25) is 0 Å². The number of nitrogens with one attached hydrogen (secondary N) is 1. The molecule has 22 heavy (non-hydrogen) atoms. The van der Waals surface area contributed by atoms with E-state index >= 15 is 0 Å². The number of anilines is 1. The van der Waals surface area contributed by atoms with Crippen LogP contribution in [0.1, 0.15) is 30.9 Å². The maximum absolute atomic E-state index is 12.4. The van der Waals surface area contributed by atoms with Gasteiger partial charge in [0.1, 0.15) is 0 Å². The summed E-state index contributed by atoms with van der Waals surface area (Å²) in [7, 11) is 0. The number of rotatable bonds is 4. The maximum Gasteiger partial charge on any atom is 0.321 e. The first-order valence-electron chi connectivity index (χ1n) is 8.06. The third-order valence-corrected chi connectivity index (χ3v) is 4.45. The number of hydrogen-bond acceptors (Lipinski definition) is 2. The summed E-state index contributed by atoms with van der Waals surface area (Å²) >= 11 is 6.26. The SMILES string of the molecule is CCCCN1CCN(C(=O)Nc2c(C)cc(C)cc2Cl)CC1. The van der Waals surface area contributed by atoms with E-state index < -0.39 is 0 Å². The molecular formula is C17H26ClN3O. The van der Waals surface area contributed by atoms with Gasteiger partial charge in [-0.25, -0.2) is 4.79 Å². The Morgan fingerprint density at radius 2 is 1.91 bits per heavy atom. The van der Waals surface area contributed by atoms with Gasteiger partial charge < -0.3 is 10.2 Å². The molecular weight excluding hydrogens is 298 g/mol. The zero-order valence-corrected chi connectivity index (χ0v) is 14.5. The molecule has 2 amide bonds. The van der Waals surface area contributed by atoms with E-state index in [1.807, 2.05) is 30.9 Å². The Labute approximate surface area is 138 Å². The van der Waals surface area contributed by atoms with Crippen LogP contribution in [0.15, 0.2) is 12.1 Å². The lowest BCUT2D eigenvalue weighted by molar-refractivity contribution is 0.146. The van der Waals surface area contributed by atoms with Crippen molar-refractivity contribution in [1.82, 2.24) is 9.80 Å². The molecule has 0 aromatic heterocycles. The summed E-state index contributed by atoms with van der Waals surface area (Å²) in [5.41, 5.74) is 2.83. The van der Waals surface area contributed by atoms with E-state index in [0.29, 0.717) is 5.02 Å². The van der Waals surface area contributed by atoms with E-state index in [-0.39, 0.29) is 6.03 Å². The number of halogens is 1. The van der Waals surface area contributed by atoms with Gasteiger partial charge in [-0.15, -0.1) is 0 Å². The number of carbonyl (C=O) groups excluding carboxylic acids is 1. The topological polar surface area (TPSA) is 35.6 Å². The highest BCUT2D eigenvalue weighted by molar-refractivity contribution is 6.34. The number of unbranched alkanes of at least 4 members (excludes halogenated alkanes) is 1. The number of carbonyl (C=O) groups is 1. The van der Waals surface area contributed by atoms with Gasteiger partial charge in [-0.1, -0.05) is 31.0 Å². The second-order valence-electron chi connectivity index (χ2n) is 6.05. The second kappa shape index (κ2) is 7.84.